The van der Waals surface area contributed by atoms with E-state index in [1.165, 1.54) is 0 Å². The summed E-state index contributed by atoms with van der Waals surface area (Å²) in [5, 5.41) is 9.35. The Balaban J connectivity index is 2.20. The fraction of sp³-hybridized carbons (Fsp3) is 0.0588. The SMILES string of the molecule is NC(=O)/C=C(\C(=O)O)c1cccc2c1Cc1ccccc1-2. The Labute approximate surface area is 121 Å². The molecular weight excluding hydrogens is 266 g/mol. The van der Waals surface area contributed by atoms with Gasteiger partial charge in [-0.1, -0.05) is 42.5 Å². The van der Waals surface area contributed by atoms with Crippen molar-refractivity contribution in [2.24, 2.45) is 5.73 Å². The molecule has 4 heteroatoms. The highest BCUT2D eigenvalue weighted by molar-refractivity contribution is 6.20. The second-order valence-electron chi connectivity index (χ2n) is 4.93. The average molecular weight is 279 g/mol. The molecule has 1 aliphatic carbocycles. The molecule has 2 aromatic rings. The summed E-state index contributed by atoms with van der Waals surface area (Å²) in [5.41, 5.74) is 9.81. The van der Waals surface area contributed by atoms with E-state index in [1.807, 2.05) is 30.3 Å². The monoisotopic (exact) mass is 279 g/mol. The van der Waals surface area contributed by atoms with E-state index >= 15 is 0 Å². The van der Waals surface area contributed by atoms with Crippen LogP contribution < -0.4 is 5.73 Å². The van der Waals surface area contributed by atoms with Gasteiger partial charge in [0, 0.05) is 6.08 Å². The predicted molar refractivity (Wildman–Crippen MR) is 79.5 cm³/mol. The first-order chi connectivity index (χ1) is 10.1. The van der Waals surface area contributed by atoms with Gasteiger partial charge in [-0.3, -0.25) is 4.79 Å². The van der Waals surface area contributed by atoms with Crippen LogP contribution in [0.5, 0.6) is 0 Å². The van der Waals surface area contributed by atoms with Gasteiger partial charge >= 0.3 is 5.97 Å². The third-order valence-corrected chi connectivity index (χ3v) is 3.66. The summed E-state index contributed by atoms with van der Waals surface area (Å²) in [6.45, 7) is 0. The fourth-order valence-corrected chi connectivity index (χ4v) is 2.81. The number of carbonyl (C=O) groups is 2. The lowest BCUT2D eigenvalue weighted by Gasteiger charge is -2.09. The number of nitrogens with two attached hydrogens (primary N) is 1. The minimum Gasteiger partial charge on any atom is -0.478 e. The van der Waals surface area contributed by atoms with Crippen LogP contribution in [0.25, 0.3) is 16.7 Å². The minimum absolute atomic E-state index is 0.0628. The largest absolute Gasteiger partial charge is 0.478 e. The lowest BCUT2D eigenvalue weighted by Crippen LogP contribution is -2.11. The number of amides is 1. The molecule has 1 amide bonds. The zero-order chi connectivity index (χ0) is 15.0. The minimum atomic E-state index is -1.15. The van der Waals surface area contributed by atoms with Gasteiger partial charge in [-0.2, -0.15) is 0 Å². The van der Waals surface area contributed by atoms with Gasteiger partial charge in [-0.25, -0.2) is 4.79 Å². The number of fused-ring (bicyclic) bond motifs is 3. The van der Waals surface area contributed by atoms with Crippen molar-refractivity contribution < 1.29 is 14.7 Å². The fourth-order valence-electron chi connectivity index (χ4n) is 2.81. The smallest absolute Gasteiger partial charge is 0.336 e. The van der Waals surface area contributed by atoms with Crippen molar-refractivity contribution in [2.75, 3.05) is 0 Å². The summed E-state index contributed by atoms with van der Waals surface area (Å²) in [6.07, 6.45) is 1.63. The molecule has 0 atom stereocenters. The zero-order valence-electron chi connectivity index (χ0n) is 11.2. The van der Waals surface area contributed by atoms with E-state index in [2.05, 4.69) is 0 Å². The van der Waals surface area contributed by atoms with Crippen molar-refractivity contribution in [3.8, 4) is 11.1 Å². The molecule has 0 heterocycles. The van der Waals surface area contributed by atoms with Crippen LogP contribution in [-0.4, -0.2) is 17.0 Å². The molecule has 2 aromatic carbocycles. The number of hydrogen-bond acceptors (Lipinski definition) is 2. The quantitative estimate of drug-likeness (QED) is 0.721. The number of carboxylic acid groups (broad SMARTS) is 1. The zero-order valence-corrected chi connectivity index (χ0v) is 11.2. The van der Waals surface area contributed by atoms with E-state index in [-0.39, 0.29) is 5.57 Å². The second kappa shape index (κ2) is 4.90. The Kier molecular flexibility index (Phi) is 3.06. The topological polar surface area (TPSA) is 80.4 Å². The standard InChI is InChI=1S/C17H13NO3/c18-16(19)9-15(17(20)21)13-7-3-6-12-11-5-2-1-4-10(11)8-14(12)13/h1-7,9H,8H2,(H2,18,19)(H,20,21)/b15-9-. The number of rotatable bonds is 3. The van der Waals surface area contributed by atoms with Gasteiger partial charge in [0.15, 0.2) is 0 Å². The Morgan fingerprint density at radius 3 is 2.48 bits per heavy atom. The van der Waals surface area contributed by atoms with Crippen molar-refractivity contribution >= 4 is 17.4 Å². The van der Waals surface area contributed by atoms with Gasteiger partial charge in [-0.15, -0.1) is 0 Å². The van der Waals surface area contributed by atoms with E-state index < -0.39 is 11.9 Å². The van der Waals surface area contributed by atoms with E-state index in [0.29, 0.717) is 12.0 Å². The maximum absolute atomic E-state index is 11.4. The Morgan fingerprint density at radius 2 is 1.76 bits per heavy atom. The first-order valence-electron chi connectivity index (χ1n) is 6.53. The van der Waals surface area contributed by atoms with E-state index in [1.54, 1.807) is 12.1 Å². The normalized spacial score (nSPS) is 12.7. The first kappa shape index (κ1) is 13.1. The van der Waals surface area contributed by atoms with Gasteiger partial charge in [0.25, 0.3) is 0 Å². The molecular formula is C17H13NO3. The van der Waals surface area contributed by atoms with Crippen molar-refractivity contribution in [3.05, 3.63) is 65.2 Å². The maximum Gasteiger partial charge on any atom is 0.336 e. The third-order valence-electron chi connectivity index (χ3n) is 3.66. The van der Waals surface area contributed by atoms with Crippen LogP contribution in [0.15, 0.2) is 48.5 Å². The van der Waals surface area contributed by atoms with E-state index in [4.69, 9.17) is 5.73 Å². The number of carboxylic acids is 1. The number of benzene rings is 2. The van der Waals surface area contributed by atoms with Crippen LogP contribution in [0, 0.1) is 0 Å². The van der Waals surface area contributed by atoms with Crippen molar-refractivity contribution in [2.45, 2.75) is 6.42 Å². The van der Waals surface area contributed by atoms with Crippen molar-refractivity contribution in [1.82, 2.24) is 0 Å². The highest BCUT2D eigenvalue weighted by Crippen LogP contribution is 2.39. The average Bonchev–Trinajstić information content (AvgIpc) is 2.83. The molecule has 0 aliphatic heterocycles. The molecule has 3 N–H and O–H groups in total. The van der Waals surface area contributed by atoms with Gasteiger partial charge in [0.05, 0.1) is 5.57 Å². The predicted octanol–water partition coefficient (Wildman–Crippen LogP) is 2.21. The van der Waals surface area contributed by atoms with E-state index in [0.717, 1.165) is 28.3 Å². The van der Waals surface area contributed by atoms with Crippen LogP contribution in [0.3, 0.4) is 0 Å². The molecule has 3 rings (SSSR count). The number of aliphatic carboxylic acids is 1. The third kappa shape index (κ3) is 2.21. The molecule has 0 radical (unpaired) electrons. The summed E-state index contributed by atoms with van der Waals surface area (Å²) >= 11 is 0. The summed E-state index contributed by atoms with van der Waals surface area (Å²) in [7, 11) is 0. The summed E-state index contributed by atoms with van der Waals surface area (Å²) < 4.78 is 0. The van der Waals surface area contributed by atoms with Crippen LogP contribution in [0.2, 0.25) is 0 Å². The van der Waals surface area contributed by atoms with Crippen LogP contribution >= 0.6 is 0 Å². The lowest BCUT2D eigenvalue weighted by molar-refractivity contribution is -0.130. The van der Waals surface area contributed by atoms with Crippen LogP contribution in [0.4, 0.5) is 0 Å². The van der Waals surface area contributed by atoms with Gasteiger partial charge in [-0.05, 0) is 34.2 Å². The molecule has 0 fully saturated rings. The van der Waals surface area contributed by atoms with Crippen LogP contribution in [0.1, 0.15) is 16.7 Å². The van der Waals surface area contributed by atoms with Gasteiger partial charge in [0.1, 0.15) is 0 Å². The number of primary amides is 1. The summed E-state index contributed by atoms with van der Waals surface area (Å²) in [4.78, 5) is 22.5. The molecule has 0 spiro atoms. The molecule has 0 aromatic heterocycles. The maximum atomic E-state index is 11.4. The van der Waals surface area contributed by atoms with Crippen LogP contribution in [-0.2, 0) is 16.0 Å². The molecule has 0 bridgehead atoms. The second-order valence-corrected chi connectivity index (χ2v) is 4.93. The molecule has 104 valence electrons. The highest BCUT2D eigenvalue weighted by Gasteiger charge is 2.24. The molecule has 21 heavy (non-hydrogen) atoms. The first-order valence-corrected chi connectivity index (χ1v) is 6.53. The molecule has 4 nitrogen and oxygen atoms in total. The van der Waals surface area contributed by atoms with Gasteiger partial charge in [0.2, 0.25) is 5.91 Å². The lowest BCUT2D eigenvalue weighted by atomic mass is 9.95. The molecule has 0 unspecified atom stereocenters. The van der Waals surface area contributed by atoms with Gasteiger partial charge < -0.3 is 10.8 Å². The number of carbonyl (C=O) groups excluding carboxylic acids is 1. The Bertz CT molecular complexity index is 790. The Morgan fingerprint density at radius 1 is 1.05 bits per heavy atom. The van der Waals surface area contributed by atoms with E-state index in [9.17, 15) is 14.7 Å². The molecule has 1 aliphatic rings. The summed E-state index contributed by atoms with van der Waals surface area (Å²) in [6, 6.07) is 13.4. The highest BCUT2D eigenvalue weighted by atomic mass is 16.4. The molecule has 0 saturated carbocycles. The Hall–Kier alpha value is -2.88. The van der Waals surface area contributed by atoms with Crippen molar-refractivity contribution in [1.29, 1.82) is 0 Å². The van der Waals surface area contributed by atoms with Crippen molar-refractivity contribution in [3.63, 3.8) is 0 Å². The molecule has 0 saturated heterocycles. The number of hydrogen-bond donors (Lipinski definition) is 2. The summed E-state index contributed by atoms with van der Waals surface area (Å²) in [5.74, 6) is -1.92.